The molecule has 1 aliphatic carbocycles. The highest BCUT2D eigenvalue weighted by molar-refractivity contribution is 5.68. The summed E-state index contributed by atoms with van der Waals surface area (Å²) >= 11 is 0. The molecule has 1 saturated carbocycles. The van der Waals surface area contributed by atoms with Crippen LogP contribution in [0.25, 0.3) is 0 Å². The molecule has 1 aliphatic heterocycles. The zero-order chi connectivity index (χ0) is 14.5. The van der Waals surface area contributed by atoms with Crippen LogP contribution in [-0.2, 0) is 10.2 Å². The van der Waals surface area contributed by atoms with E-state index in [-0.39, 0.29) is 11.5 Å². The van der Waals surface area contributed by atoms with Crippen molar-refractivity contribution in [2.75, 3.05) is 13.1 Å². The molecule has 0 aromatic carbocycles. The van der Waals surface area contributed by atoms with Gasteiger partial charge in [-0.3, -0.25) is 0 Å². The molecule has 3 rings (SSSR count). The van der Waals surface area contributed by atoms with Crippen molar-refractivity contribution in [2.24, 2.45) is 5.92 Å². The minimum Gasteiger partial charge on any atom is -0.444 e. The third-order valence-electron chi connectivity index (χ3n) is 4.06. The maximum absolute atomic E-state index is 12.2. The van der Waals surface area contributed by atoms with Crippen molar-refractivity contribution in [1.82, 2.24) is 15.0 Å². The van der Waals surface area contributed by atoms with Crippen molar-refractivity contribution >= 4 is 6.09 Å². The van der Waals surface area contributed by atoms with Crippen LogP contribution in [0.3, 0.4) is 0 Å². The van der Waals surface area contributed by atoms with Crippen LogP contribution in [-0.4, -0.2) is 39.8 Å². The monoisotopic (exact) mass is 279 g/mol. The second-order valence-corrected chi connectivity index (χ2v) is 6.89. The van der Waals surface area contributed by atoms with Gasteiger partial charge in [0.15, 0.2) is 5.82 Å². The molecule has 0 N–H and O–H groups in total. The summed E-state index contributed by atoms with van der Waals surface area (Å²) in [5, 5.41) is 3.87. The van der Waals surface area contributed by atoms with Crippen LogP contribution >= 0.6 is 0 Å². The molecule has 6 nitrogen and oxygen atoms in total. The second kappa shape index (κ2) is 4.20. The minimum absolute atomic E-state index is 0.129. The van der Waals surface area contributed by atoms with E-state index in [2.05, 4.69) is 10.1 Å². The predicted octanol–water partition coefficient (Wildman–Crippen LogP) is 2.28. The molecule has 1 aromatic rings. The molecule has 0 spiro atoms. The summed E-state index contributed by atoms with van der Waals surface area (Å²) < 4.78 is 10.8. The van der Waals surface area contributed by atoms with Gasteiger partial charge in [-0.15, -0.1) is 0 Å². The third kappa shape index (κ3) is 2.27. The summed E-state index contributed by atoms with van der Waals surface area (Å²) in [6.07, 6.45) is 1.74. The van der Waals surface area contributed by atoms with Crippen LogP contribution < -0.4 is 0 Å². The minimum atomic E-state index is -0.467. The molecular formula is C14H21N3O3. The Balaban J connectivity index is 1.73. The molecule has 1 amide bonds. The molecule has 110 valence electrons. The Morgan fingerprint density at radius 1 is 1.50 bits per heavy atom. The van der Waals surface area contributed by atoms with Crippen LogP contribution in [0.4, 0.5) is 4.79 Å². The summed E-state index contributed by atoms with van der Waals surface area (Å²) in [5.74, 6) is 1.88. The van der Waals surface area contributed by atoms with Crippen LogP contribution in [0.2, 0.25) is 0 Å². The molecule has 2 heterocycles. The van der Waals surface area contributed by atoms with Crippen LogP contribution in [0.15, 0.2) is 4.52 Å². The summed E-state index contributed by atoms with van der Waals surface area (Å²) in [6.45, 7) is 8.82. The average molecular weight is 279 g/mol. The third-order valence-corrected chi connectivity index (χ3v) is 4.06. The number of fused-ring (bicyclic) bond motifs is 1. The Morgan fingerprint density at radius 3 is 2.85 bits per heavy atom. The van der Waals surface area contributed by atoms with Crippen LogP contribution in [0.1, 0.15) is 45.3 Å². The Labute approximate surface area is 118 Å². The molecule has 2 atom stereocenters. The van der Waals surface area contributed by atoms with E-state index in [4.69, 9.17) is 9.26 Å². The Hall–Kier alpha value is -1.59. The SMILES string of the molecule is Cc1noc(C23CC2CCN(C(=O)OC(C)(C)C)C3)n1. The van der Waals surface area contributed by atoms with Crippen molar-refractivity contribution in [2.45, 2.75) is 51.6 Å². The Bertz CT molecular complexity index is 534. The van der Waals surface area contributed by atoms with Gasteiger partial charge in [0, 0.05) is 13.1 Å². The number of hydrogen-bond acceptors (Lipinski definition) is 5. The number of ether oxygens (including phenoxy) is 1. The van der Waals surface area contributed by atoms with Crippen LogP contribution in [0.5, 0.6) is 0 Å². The molecule has 2 fully saturated rings. The smallest absolute Gasteiger partial charge is 0.410 e. The standard InChI is InChI=1S/C14H21N3O3/c1-9-15-11(20-16-9)14-7-10(14)5-6-17(8-14)12(18)19-13(2,3)4/h10H,5-8H2,1-4H3. The number of piperidine rings is 1. The molecule has 2 unspecified atom stereocenters. The largest absolute Gasteiger partial charge is 0.444 e. The Morgan fingerprint density at radius 2 is 2.25 bits per heavy atom. The molecule has 2 aliphatic rings. The van der Waals surface area contributed by atoms with E-state index in [0.29, 0.717) is 24.2 Å². The molecule has 1 aromatic heterocycles. The number of likely N-dealkylation sites (tertiary alicyclic amines) is 1. The fraction of sp³-hybridized carbons (Fsp3) is 0.786. The van der Waals surface area contributed by atoms with E-state index < -0.39 is 5.60 Å². The number of amides is 1. The lowest BCUT2D eigenvalue weighted by Gasteiger charge is -2.32. The van der Waals surface area contributed by atoms with Crippen molar-refractivity contribution in [3.8, 4) is 0 Å². The summed E-state index contributed by atoms with van der Waals surface area (Å²) in [5.41, 5.74) is -0.595. The van der Waals surface area contributed by atoms with Crippen molar-refractivity contribution in [1.29, 1.82) is 0 Å². The first-order chi connectivity index (χ1) is 9.30. The molecule has 1 saturated heterocycles. The van der Waals surface area contributed by atoms with Gasteiger partial charge in [0.1, 0.15) is 5.60 Å². The molecule has 6 heteroatoms. The lowest BCUT2D eigenvalue weighted by Crippen LogP contribution is -2.45. The molecule has 0 bridgehead atoms. The first-order valence-corrected chi connectivity index (χ1v) is 7.09. The molecular weight excluding hydrogens is 258 g/mol. The van der Waals surface area contributed by atoms with Crippen molar-refractivity contribution in [3.05, 3.63) is 11.7 Å². The lowest BCUT2D eigenvalue weighted by molar-refractivity contribution is 0.0180. The van der Waals surface area contributed by atoms with Crippen LogP contribution in [0, 0.1) is 12.8 Å². The van der Waals surface area contributed by atoms with E-state index in [1.807, 2.05) is 27.7 Å². The number of carbonyl (C=O) groups excluding carboxylic acids is 1. The average Bonchev–Trinajstić information content (AvgIpc) is 2.92. The van der Waals surface area contributed by atoms with E-state index >= 15 is 0 Å². The number of carbonyl (C=O) groups is 1. The highest BCUT2D eigenvalue weighted by atomic mass is 16.6. The number of rotatable bonds is 1. The second-order valence-electron chi connectivity index (χ2n) is 6.89. The van der Waals surface area contributed by atoms with Gasteiger partial charge >= 0.3 is 6.09 Å². The maximum Gasteiger partial charge on any atom is 0.410 e. The highest BCUT2D eigenvalue weighted by Crippen LogP contribution is 2.58. The van der Waals surface area contributed by atoms with Gasteiger partial charge in [-0.05, 0) is 46.5 Å². The van der Waals surface area contributed by atoms with Crippen molar-refractivity contribution in [3.63, 3.8) is 0 Å². The molecule has 0 radical (unpaired) electrons. The normalized spacial score (nSPS) is 29.0. The summed E-state index contributed by atoms with van der Waals surface area (Å²) in [6, 6.07) is 0. The number of nitrogens with zero attached hydrogens (tertiary/aromatic N) is 3. The highest BCUT2D eigenvalue weighted by Gasteiger charge is 2.62. The van der Waals surface area contributed by atoms with Gasteiger partial charge in [0.2, 0.25) is 5.89 Å². The fourth-order valence-electron chi connectivity index (χ4n) is 3.00. The first kappa shape index (κ1) is 13.4. The summed E-state index contributed by atoms with van der Waals surface area (Å²) in [7, 11) is 0. The zero-order valence-electron chi connectivity index (χ0n) is 12.5. The van der Waals surface area contributed by atoms with Gasteiger partial charge in [-0.25, -0.2) is 4.79 Å². The topological polar surface area (TPSA) is 68.5 Å². The van der Waals surface area contributed by atoms with Gasteiger partial charge in [0.25, 0.3) is 0 Å². The van der Waals surface area contributed by atoms with E-state index in [9.17, 15) is 4.79 Å². The zero-order valence-corrected chi connectivity index (χ0v) is 12.5. The number of aromatic nitrogens is 2. The number of aryl methyl sites for hydroxylation is 1. The summed E-state index contributed by atoms with van der Waals surface area (Å²) in [4.78, 5) is 18.3. The Kier molecular flexibility index (Phi) is 2.81. The molecule has 20 heavy (non-hydrogen) atoms. The van der Waals surface area contributed by atoms with Crippen molar-refractivity contribution < 1.29 is 14.1 Å². The lowest BCUT2D eigenvalue weighted by atomic mass is 9.97. The van der Waals surface area contributed by atoms with E-state index in [1.165, 1.54) is 0 Å². The van der Waals surface area contributed by atoms with Gasteiger partial charge in [-0.2, -0.15) is 4.98 Å². The van der Waals surface area contributed by atoms with Gasteiger partial charge in [-0.1, -0.05) is 5.16 Å². The first-order valence-electron chi connectivity index (χ1n) is 7.09. The van der Waals surface area contributed by atoms with E-state index in [1.54, 1.807) is 4.90 Å². The maximum atomic E-state index is 12.2. The quantitative estimate of drug-likeness (QED) is 0.788. The number of hydrogen-bond donors (Lipinski definition) is 0. The van der Waals surface area contributed by atoms with Gasteiger partial charge < -0.3 is 14.2 Å². The predicted molar refractivity (Wildman–Crippen MR) is 71.2 cm³/mol. The van der Waals surface area contributed by atoms with E-state index in [0.717, 1.165) is 19.4 Å². The fourth-order valence-corrected chi connectivity index (χ4v) is 3.00. The van der Waals surface area contributed by atoms with Gasteiger partial charge in [0.05, 0.1) is 5.41 Å².